The molecule has 188 valence electrons. The lowest BCUT2D eigenvalue weighted by atomic mass is 10.1. The fourth-order valence-corrected chi connectivity index (χ4v) is 6.96. The van der Waals surface area contributed by atoms with Gasteiger partial charge in [-0.2, -0.15) is 0 Å². The molecule has 2 aromatic heterocycles. The van der Waals surface area contributed by atoms with Crippen LogP contribution < -0.4 is 20.3 Å². The number of hydrogen-bond donors (Lipinski definition) is 2. The normalized spacial score (nSPS) is 16.8. The average Bonchev–Trinajstić information content (AvgIpc) is 3.27. The van der Waals surface area contributed by atoms with Crippen LogP contribution in [0.2, 0.25) is 0 Å². The summed E-state index contributed by atoms with van der Waals surface area (Å²) >= 11 is 1.53. The van der Waals surface area contributed by atoms with Gasteiger partial charge in [-0.15, -0.1) is 11.3 Å². The molecule has 35 heavy (non-hydrogen) atoms. The Labute approximate surface area is 207 Å². The maximum Gasteiger partial charge on any atom is 0.341 e. The van der Waals surface area contributed by atoms with Crippen LogP contribution >= 0.6 is 11.3 Å². The number of benzene rings is 1. The predicted octanol–water partition coefficient (Wildman–Crippen LogP) is 2.97. The van der Waals surface area contributed by atoms with Gasteiger partial charge in [-0.25, -0.2) is 13.2 Å². The number of methoxy groups -OCH3 is 1. The number of hydrogen-bond acceptors (Lipinski definition) is 8. The second-order valence-electron chi connectivity index (χ2n) is 8.71. The molecule has 1 aliphatic rings. The van der Waals surface area contributed by atoms with Gasteiger partial charge in [0.25, 0.3) is 5.56 Å². The summed E-state index contributed by atoms with van der Waals surface area (Å²) in [5, 5.41) is 13.0. The summed E-state index contributed by atoms with van der Waals surface area (Å²) < 4.78 is 36.6. The molecule has 3 aromatic rings. The Morgan fingerprint density at radius 3 is 2.63 bits per heavy atom. The van der Waals surface area contributed by atoms with Crippen molar-refractivity contribution in [2.45, 2.75) is 31.8 Å². The lowest BCUT2D eigenvalue weighted by Gasteiger charge is -2.26. The molecule has 0 radical (unpaired) electrons. The number of aromatic nitrogens is 1. The SMILES string of the molecule is COc1cc(-c2cn(C)c(=O)c3cc(C(C)NC4CCS(=O)(=O)CC4)sc23)ccc1OCC(=O)O. The molecule has 0 bridgehead atoms. The van der Waals surface area contributed by atoms with Crippen LogP contribution in [0.5, 0.6) is 11.5 Å². The first-order valence-corrected chi connectivity index (χ1v) is 13.8. The zero-order chi connectivity index (χ0) is 25.3. The van der Waals surface area contributed by atoms with E-state index in [0.29, 0.717) is 29.7 Å². The Hall–Kier alpha value is -2.89. The molecular formula is C24H28N2O7S2. The van der Waals surface area contributed by atoms with Gasteiger partial charge in [0, 0.05) is 40.5 Å². The van der Waals surface area contributed by atoms with Gasteiger partial charge in [-0.1, -0.05) is 6.07 Å². The van der Waals surface area contributed by atoms with E-state index in [1.54, 1.807) is 29.9 Å². The summed E-state index contributed by atoms with van der Waals surface area (Å²) in [5.41, 5.74) is 1.55. The van der Waals surface area contributed by atoms with E-state index in [0.717, 1.165) is 20.7 Å². The third kappa shape index (κ3) is 5.52. The van der Waals surface area contributed by atoms with E-state index in [1.165, 1.54) is 18.4 Å². The van der Waals surface area contributed by atoms with Gasteiger partial charge >= 0.3 is 5.97 Å². The number of carboxylic acid groups (broad SMARTS) is 1. The van der Waals surface area contributed by atoms with Crippen molar-refractivity contribution < 1.29 is 27.8 Å². The minimum Gasteiger partial charge on any atom is -0.493 e. The van der Waals surface area contributed by atoms with Crippen molar-refractivity contribution in [2.75, 3.05) is 25.2 Å². The number of rotatable bonds is 8. The molecule has 1 aliphatic heterocycles. The van der Waals surface area contributed by atoms with Gasteiger partial charge < -0.3 is 24.5 Å². The van der Waals surface area contributed by atoms with Crippen molar-refractivity contribution in [2.24, 2.45) is 7.05 Å². The van der Waals surface area contributed by atoms with Gasteiger partial charge in [0.2, 0.25) is 0 Å². The van der Waals surface area contributed by atoms with Crippen LogP contribution in [0.3, 0.4) is 0 Å². The molecule has 1 fully saturated rings. The second-order valence-corrected chi connectivity index (χ2v) is 12.1. The van der Waals surface area contributed by atoms with Crippen LogP contribution in [0.4, 0.5) is 0 Å². The highest BCUT2D eigenvalue weighted by atomic mass is 32.2. The highest BCUT2D eigenvalue weighted by Gasteiger charge is 2.25. The number of pyridine rings is 1. The van der Waals surface area contributed by atoms with E-state index in [9.17, 15) is 18.0 Å². The first kappa shape index (κ1) is 25.2. The molecule has 1 atom stereocenters. The van der Waals surface area contributed by atoms with Crippen molar-refractivity contribution in [1.82, 2.24) is 9.88 Å². The van der Waals surface area contributed by atoms with Gasteiger partial charge in [-0.3, -0.25) is 4.79 Å². The zero-order valence-electron chi connectivity index (χ0n) is 19.7. The van der Waals surface area contributed by atoms with Crippen molar-refractivity contribution in [3.8, 4) is 22.6 Å². The molecule has 11 heteroatoms. The summed E-state index contributed by atoms with van der Waals surface area (Å²) in [6, 6.07) is 7.21. The van der Waals surface area contributed by atoms with Gasteiger partial charge in [-0.05, 0) is 43.5 Å². The van der Waals surface area contributed by atoms with Gasteiger partial charge in [0.05, 0.1) is 24.0 Å². The smallest absolute Gasteiger partial charge is 0.341 e. The Kier molecular flexibility index (Phi) is 7.20. The Bertz CT molecular complexity index is 1410. The molecule has 9 nitrogen and oxygen atoms in total. The predicted molar refractivity (Wildman–Crippen MR) is 135 cm³/mol. The fraction of sp³-hybridized carbons (Fsp3) is 0.417. The maximum absolute atomic E-state index is 12.9. The Balaban J connectivity index is 1.67. The van der Waals surface area contributed by atoms with Crippen molar-refractivity contribution in [3.05, 3.63) is 45.7 Å². The Morgan fingerprint density at radius 1 is 1.26 bits per heavy atom. The van der Waals surface area contributed by atoms with Crippen LogP contribution in [-0.4, -0.2) is 55.3 Å². The van der Waals surface area contributed by atoms with E-state index in [2.05, 4.69) is 5.32 Å². The van der Waals surface area contributed by atoms with Gasteiger partial charge in [0.15, 0.2) is 18.1 Å². The summed E-state index contributed by atoms with van der Waals surface area (Å²) in [4.78, 5) is 24.8. The third-order valence-corrected chi connectivity index (χ3v) is 9.23. The molecule has 0 spiro atoms. The first-order valence-electron chi connectivity index (χ1n) is 11.2. The van der Waals surface area contributed by atoms with E-state index in [4.69, 9.17) is 14.6 Å². The summed E-state index contributed by atoms with van der Waals surface area (Å²) in [6.07, 6.45) is 2.95. The zero-order valence-corrected chi connectivity index (χ0v) is 21.4. The molecule has 1 unspecified atom stereocenters. The van der Waals surface area contributed by atoms with E-state index >= 15 is 0 Å². The quantitative estimate of drug-likeness (QED) is 0.465. The summed E-state index contributed by atoms with van der Waals surface area (Å²) in [7, 11) is 0.255. The first-order chi connectivity index (χ1) is 16.6. The van der Waals surface area contributed by atoms with Crippen LogP contribution in [0.1, 0.15) is 30.7 Å². The van der Waals surface area contributed by atoms with Crippen molar-refractivity contribution >= 4 is 37.2 Å². The maximum atomic E-state index is 12.9. The lowest BCUT2D eigenvalue weighted by molar-refractivity contribution is -0.139. The fourth-order valence-electron chi connectivity index (χ4n) is 4.28. The number of aryl methyl sites for hydroxylation is 1. The summed E-state index contributed by atoms with van der Waals surface area (Å²) in [6.45, 7) is 1.54. The molecule has 1 saturated heterocycles. The van der Waals surface area contributed by atoms with Gasteiger partial charge in [0.1, 0.15) is 9.84 Å². The highest BCUT2D eigenvalue weighted by molar-refractivity contribution is 7.91. The average molecular weight is 521 g/mol. The minimum absolute atomic E-state index is 0.0444. The molecule has 3 heterocycles. The number of aliphatic carboxylic acids is 1. The van der Waals surface area contributed by atoms with E-state index in [1.807, 2.05) is 19.1 Å². The van der Waals surface area contributed by atoms with Crippen molar-refractivity contribution in [1.29, 1.82) is 0 Å². The number of nitrogens with zero attached hydrogens (tertiary/aromatic N) is 1. The molecule has 2 N–H and O–H groups in total. The van der Waals surface area contributed by atoms with Crippen LogP contribution in [0, 0.1) is 0 Å². The number of sulfone groups is 1. The summed E-state index contributed by atoms with van der Waals surface area (Å²) in [5.74, 6) is 0.0219. The monoisotopic (exact) mass is 520 g/mol. The van der Waals surface area contributed by atoms with E-state index in [-0.39, 0.29) is 29.1 Å². The lowest BCUT2D eigenvalue weighted by Crippen LogP contribution is -2.38. The number of nitrogens with one attached hydrogen (secondary N) is 1. The number of fused-ring (bicyclic) bond motifs is 1. The molecular weight excluding hydrogens is 492 g/mol. The second kappa shape index (κ2) is 10.00. The largest absolute Gasteiger partial charge is 0.493 e. The number of carbonyl (C=O) groups is 1. The molecule has 1 aromatic carbocycles. The van der Waals surface area contributed by atoms with Crippen LogP contribution in [0.25, 0.3) is 21.2 Å². The number of carboxylic acids is 1. The van der Waals surface area contributed by atoms with E-state index < -0.39 is 22.4 Å². The standard InChI is InChI=1S/C24H28N2O7S2/c1-14(25-16-6-8-35(30,31)9-7-16)21-11-17-23(34-21)18(12-26(2)24(17)29)15-4-5-19(20(10-15)32-3)33-13-22(27)28/h4-5,10-12,14,16,25H,6-9,13H2,1-3H3,(H,27,28). The molecule has 0 amide bonds. The topological polar surface area (TPSA) is 124 Å². The molecule has 0 saturated carbocycles. The number of ether oxygens (including phenoxy) is 2. The molecule has 4 rings (SSSR count). The third-order valence-electron chi connectivity index (χ3n) is 6.16. The highest BCUT2D eigenvalue weighted by Crippen LogP contribution is 2.39. The van der Waals surface area contributed by atoms with Crippen LogP contribution in [0.15, 0.2) is 35.3 Å². The molecule has 0 aliphatic carbocycles. The van der Waals surface area contributed by atoms with Crippen molar-refractivity contribution in [3.63, 3.8) is 0 Å². The Morgan fingerprint density at radius 2 is 1.97 bits per heavy atom. The number of thiophene rings is 1. The van der Waals surface area contributed by atoms with Crippen LogP contribution in [-0.2, 0) is 21.7 Å². The minimum atomic E-state index is -2.93.